The van der Waals surface area contributed by atoms with Gasteiger partial charge in [0.1, 0.15) is 13.4 Å². The number of rotatable bonds is 4. The van der Waals surface area contributed by atoms with Crippen LogP contribution < -0.4 is 0 Å². The van der Waals surface area contributed by atoms with Gasteiger partial charge in [-0.2, -0.15) is 0 Å². The monoisotopic (exact) mass is 344 g/mol. The molecule has 3 rings (SSSR count). The minimum Gasteiger partial charge on any atom is -0.437 e. The highest BCUT2D eigenvalue weighted by atomic mass is 31.1. The molecule has 0 amide bonds. The molecule has 1 aliphatic heterocycles. The molecule has 0 saturated carbocycles. The summed E-state index contributed by atoms with van der Waals surface area (Å²) in [5, 5.41) is -0.812. The molecule has 0 N–H and O–H groups in total. The van der Waals surface area contributed by atoms with Gasteiger partial charge in [-0.05, 0) is 24.7 Å². The fourth-order valence-corrected chi connectivity index (χ4v) is 4.63. The number of halogens is 1. The number of cyclic esters (lactones) is 1. The number of hydrogen-bond acceptors (Lipinski definition) is 3. The Labute approximate surface area is 142 Å². The highest BCUT2D eigenvalue weighted by molar-refractivity contribution is 7.57. The lowest BCUT2D eigenvalue weighted by Gasteiger charge is -2.27. The predicted molar refractivity (Wildman–Crippen MR) is 95.8 cm³/mol. The van der Waals surface area contributed by atoms with Crippen LogP contribution in [0, 0.1) is 5.82 Å². The van der Waals surface area contributed by atoms with Crippen molar-refractivity contribution in [2.75, 3.05) is 13.7 Å². The lowest BCUT2D eigenvalue weighted by Crippen LogP contribution is -2.45. The van der Waals surface area contributed by atoms with Crippen molar-refractivity contribution < 1.29 is 13.9 Å². The van der Waals surface area contributed by atoms with Crippen LogP contribution in [0.2, 0.25) is 0 Å². The zero-order valence-corrected chi connectivity index (χ0v) is 14.7. The Morgan fingerprint density at radius 1 is 1.21 bits per heavy atom. The first-order chi connectivity index (χ1) is 11.4. The molecular formula is C19H20FNO2P+. The number of hydrogen-bond donors (Lipinski definition) is 0. The molecule has 1 saturated heterocycles. The van der Waals surface area contributed by atoms with Gasteiger partial charge < -0.3 is 4.74 Å². The predicted octanol–water partition coefficient (Wildman–Crippen LogP) is 3.80. The Balaban J connectivity index is 1.98. The van der Waals surface area contributed by atoms with Crippen LogP contribution in [0.25, 0.3) is 0 Å². The van der Waals surface area contributed by atoms with Gasteiger partial charge in [0.05, 0.1) is 13.0 Å². The largest absolute Gasteiger partial charge is 0.437 e. The lowest BCUT2D eigenvalue weighted by molar-refractivity contribution is -0.143. The van der Waals surface area contributed by atoms with Crippen molar-refractivity contribution in [3.63, 3.8) is 0 Å². The summed E-state index contributed by atoms with van der Waals surface area (Å²) in [6, 6.07) is 15.9. The van der Waals surface area contributed by atoms with Gasteiger partial charge >= 0.3 is 5.97 Å². The van der Waals surface area contributed by atoms with Crippen LogP contribution in [0.4, 0.5) is 4.39 Å². The molecule has 0 aromatic heterocycles. The van der Waals surface area contributed by atoms with Crippen LogP contribution in [0.1, 0.15) is 17.4 Å². The van der Waals surface area contributed by atoms with E-state index in [9.17, 15) is 9.18 Å². The van der Waals surface area contributed by atoms with E-state index >= 15 is 0 Å². The van der Waals surface area contributed by atoms with Crippen molar-refractivity contribution in [1.29, 1.82) is 0 Å². The SMILES string of the molecule is C=[P+](C)C1(Cc2ccc(F)cc2)C(=O)OC(c2ccccc2)N1C. The molecule has 0 aliphatic carbocycles. The third kappa shape index (κ3) is 2.77. The minimum absolute atomic E-state index is 0.258. The smallest absolute Gasteiger partial charge is 0.375 e. The van der Waals surface area contributed by atoms with Crippen LogP contribution in [0.5, 0.6) is 0 Å². The zero-order valence-electron chi connectivity index (χ0n) is 13.8. The molecule has 24 heavy (non-hydrogen) atoms. The van der Waals surface area contributed by atoms with E-state index in [1.54, 1.807) is 12.1 Å². The molecular weight excluding hydrogens is 324 g/mol. The van der Waals surface area contributed by atoms with E-state index in [-0.39, 0.29) is 11.8 Å². The number of esters is 1. The maximum absolute atomic E-state index is 13.2. The molecule has 2 aromatic rings. The van der Waals surface area contributed by atoms with Crippen molar-refractivity contribution in [2.24, 2.45) is 0 Å². The van der Waals surface area contributed by atoms with Gasteiger partial charge in [0, 0.05) is 12.0 Å². The topological polar surface area (TPSA) is 29.5 Å². The standard InChI is InChI=1S/C19H20FNO2P/c1-21-17(15-7-5-4-6-8-15)23-18(22)19(21,24(2)3)13-14-9-11-16(20)12-10-14/h4-12,17H,2,13H2,1,3H3/q+1. The van der Waals surface area contributed by atoms with Crippen LogP contribution in [0.3, 0.4) is 0 Å². The normalized spacial score (nSPS) is 24.7. The maximum atomic E-state index is 13.2. The minimum atomic E-state index is -0.905. The fourth-order valence-electron chi connectivity index (χ4n) is 3.17. The number of nitrogens with zero attached hydrogens (tertiary/aromatic N) is 1. The van der Waals surface area contributed by atoms with E-state index in [1.165, 1.54) is 12.1 Å². The summed E-state index contributed by atoms with van der Waals surface area (Å²) in [6.45, 7) is 1.98. The maximum Gasteiger partial charge on any atom is 0.375 e. The molecule has 5 heteroatoms. The first-order valence-electron chi connectivity index (χ1n) is 7.73. The lowest BCUT2D eigenvalue weighted by atomic mass is 10.0. The number of carbonyl (C=O) groups excluding carboxylic acids is 1. The fraction of sp³-hybridized carbons (Fsp3) is 0.263. The summed E-state index contributed by atoms with van der Waals surface area (Å²) in [5.74, 6) is -0.544. The van der Waals surface area contributed by atoms with Gasteiger partial charge in [0.15, 0.2) is 6.23 Å². The van der Waals surface area contributed by atoms with E-state index in [0.29, 0.717) is 6.42 Å². The second kappa shape index (κ2) is 6.46. The average Bonchev–Trinajstić information content (AvgIpc) is 2.83. The Kier molecular flexibility index (Phi) is 4.53. The average molecular weight is 344 g/mol. The molecule has 0 radical (unpaired) electrons. The van der Waals surface area contributed by atoms with Gasteiger partial charge in [-0.15, -0.1) is 0 Å². The molecule has 2 aromatic carbocycles. The zero-order chi connectivity index (χ0) is 17.3. The van der Waals surface area contributed by atoms with Crippen LogP contribution in [-0.2, 0) is 16.0 Å². The second-order valence-electron chi connectivity index (χ2n) is 6.10. The van der Waals surface area contributed by atoms with Gasteiger partial charge in [-0.3, -0.25) is 0 Å². The highest BCUT2D eigenvalue weighted by Gasteiger charge is 2.61. The second-order valence-corrected chi connectivity index (χ2v) is 8.23. The highest BCUT2D eigenvalue weighted by Crippen LogP contribution is 2.50. The van der Waals surface area contributed by atoms with Gasteiger partial charge in [0.2, 0.25) is 0 Å². The first kappa shape index (κ1) is 16.8. The summed E-state index contributed by atoms with van der Waals surface area (Å²) in [6.07, 6.45) is 4.21. The molecule has 0 spiro atoms. The molecule has 3 nitrogen and oxygen atoms in total. The molecule has 3 atom stereocenters. The molecule has 1 fully saturated rings. The van der Waals surface area contributed by atoms with E-state index in [4.69, 9.17) is 4.74 Å². The van der Waals surface area contributed by atoms with E-state index in [0.717, 1.165) is 11.1 Å². The van der Waals surface area contributed by atoms with Gasteiger partial charge in [-0.25, -0.2) is 14.1 Å². The summed E-state index contributed by atoms with van der Waals surface area (Å²) in [7, 11) is 0.994. The Bertz CT molecular complexity index is 763. The van der Waals surface area contributed by atoms with Crippen molar-refractivity contribution in [2.45, 2.75) is 17.9 Å². The van der Waals surface area contributed by atoms with Crippen LogP contribution >= 0.6 is 7.55 Å². The van der Waals surface area contributed by atoms with Crippen molar-refractivity contribution in [3.05, 3.63) is 71.5 Å². The number of ether oxygens (including phenoxy) is 1. The number of benzene rings is 2. The van der Waals surface area contributed by atoms with Gasteiger partial charge in [-0.1, -0.05) is 42.5 Å². The van der Waals surface area contributed by atoms with Crippen molar-refractivity contribution >= 4 is 19.8 Å². The quantitative estimate of drug-likeness (QED) is 0.624. The van der Waals surface area contributed by atoms with Crippen LogP contribution in [-0.4, -0.2) is 36.2 Å². The van der Waals surface area contributed by atoms with Crippen LogP contribution in [0.15, 0.2) is 54.6 Å². The molecule has 3 unspecified atom stereocenters. The van der Waals surface area contributed by atoms with E-state index in [2.05, 4.69) is 6.30 Å². The molecule has 1 aliphatic rings. The summed E-state index contributed by atoms with van der Waals surface area (Å²) in [4.78, 5) is 14.8. The third-order valence-electron chi connectivity index (χ3n) is 4.56. The number of likely N-dealkylation sites (N-methyl/N-ethyl adjacent to an activating group) is 1. The number of carbonyl (C=O) groups is 1. The van der Waals surface area contributed by atoms with Crippen molar-refractivity contribution in [1.82, 2.24) is 4.90 Å². The molecule has 1 heterocycles. The third-order valence-corrected chi connectivity index (χ3v) is 6.48. The first-order valence-corrected chi connectivity index (χ1v) is 9.70. The molecule has 124 valence electrons. The van der Waals surface area contributed by atoms with Gasteiger partial charge in [0.25, 0.3) is 5.28 Å². The van der Waals surface area contributed by atoms with E-state index < -0.39 is 19.1 Å². The summed E-state index contributed by atoms with van der Waals surface area (Å²) in [5.41, 5.74) is 1.83. The Morgan fingerprint density at radius 3 is 2.42 bits per heavy atom. The summed E-state index contributed by atoms with van der Waals surface area (Å²) >= 11 is 0. The molecule has 0 bridgehead atoms. The Hall–Kier alpha value is -2.03. The van der Waals surface area contributed by atoms with Crippen molar-refractivity contribution in [3.8, 4) is 0 Å². The summed E-state index contributed by atoms with van der Waals surface area (Å²) < 4.78 is 18.9. The Morgan fingerprint density at radius 2 is 1.83 bits per heavy atom. The van der Waals surface area contributed by atoms with E-state index in [1.807, 2.05) is 48.9 Å².